The van der Waals surface area contributed by atoms with Gasteiger partial charge in [-0.25, -0.2) is 0 Å². The van der Waals surface area contributed by atoms with Crippen LogP contribution in [0.2, 0.25) is 0 Å². The molecule has 1 unspecified atom stereocenters. The number of rotatable bonds is 9. The molecule has 0 radical (unpaired) electrons. The van der Waals surface area contributed by atoms with Crippen molar-refractivity contribution in [1.29, 1.82) is 0 Å². The maximum Gasteiger partial charge on any atom is 0.251 e. The highest BCUT2D eigenvalue weighted by Crippen LogP contribution is 2.25. The van der Waals surface area contributed by atoms with Crippen molar-refractivity contribution in [3.05, 3.63) is 132 Å². The van der Waals surface area contributed by atoms with E-state index in [4.69, 9.17) is 4.42 Å². The predicted molar refractivity (Wildman–Crippen MR) is 127 cm³/mol. The second-order valence-corrected chi connectivity index (χ2v) is 7.79. The van der Waals surface area contributed by atoms with Crippen molar-refractivity contribution >= 4 is 11.8 Å². The van der Waals surface area contributed by atoms with Gasteiger partial charge in [0.25, 0.3) is 5.91 Å². The molecule has 166 valence electrons. The Bertz CT molecular complexity index is 1140. The van der Waals surface area contributed by atoms with Crippen molar-refractivity contribution in [2.45, 2.75) is 25.6 Å². The smallest absolute Gasteiger partial charge is 0.251 e. The van der Waals surface area contributed by atoms with Gasteiger partial charge in [-0.3, -0.25) is 9.59 Å². The van der Waals surface area contributed by atoms with Crippen LogP contribution in [0.5, 0.6) is 0 Å². The van der Waals surface area contributed by atoms with E-state index < -0.39 is 6.04 Å². The number of furan rings is 1. The topological polar surface area (TPSA) is 62.6 Å². The van der Waals surface area contributed by atoms with E-state index in [1.54, 1.807) is 17.0 Å². The number of carbonyl (C=O) groups is 2. The molecule has 2 amide bonds. The molecule has 0 fully saturated rings. The Morgan fingerprint density at radius 3 is 1.88 bits per heavy atom. The number of benzene rings is 3. The Balaban J connectivity index is 1.63. The number of amides is 2. The zero-order chi connectivity index (χ0) is 22.9. The Morgan fingerprint density at radius 2 is 1.30 bits per heavy atom. The van der Waals surface area contributed by atoms with Gasteiger partial charge in [0.2, 0.25) is 5.91 Å². The predicted octanol–water partition coefficient (Wildman–Crippen LogP) is 4.91. The third kappa shape index (κ3) is 5.98. The second kappa shape index (κ2) is 11.0. The van der Waals surface area contributed by atoms with Crippen LogP contribution in [0.25, 0.3) is 0 Å². The van der Waals surface area contributed by atoms with Crippen molar-refractivity contribution in [1.82, 2.24) is 10.2 Å². The van der Waals surface area contributed by atoms with Crippen LogP contribution in [0.1, 0.15) is 28.5 Å². The van der Waals surface area contributed by atoms with Crippen LogP contribution in [0.3, 0.4) is 0 Å². The van der Waals surface area contributed by atoms with Crippen LogP contribution in [0.4, 0.5) is 0 Å². The fourth-order valence-electron chi connectivity index (χ4n) is 3.73. The summed E-state index contributed by atoms with van der Waals surface area (Å²) < 4.78 is 5.63. The van der Waals surface area contributed by atoms with Crippen LogP contribution < -0.4 is 5.32 Å². The molecule has 33 heavy (non-hydrogen) atoms. The lowest BCUT2D eigenvalue weighted by molar-refractivity contribution is -0.141. The minimum Gasteiger partial charge on any atom is -0.467 e. The highest BCUT2D eigenvalue weighted by molar-refractivity contribution is 5.89. The molecule has 5 heteroatoms. The molecule has 5 nitrogen and oxygen atoms in total. The van der Waals surface area contributed by atoms with Crippen LogP contribution >= 0.6 is 0 Å². The summed E-state index contributed by atoms with van der Waals surface area (Å²) in [5, 5.41) is 2.98. The molecule has 1 heterocycles. The molecular formula is C28H26N2O3. The normalized spacial score (nSPS) is 11.5. The summed E-state index contributed by atoms with van der Waals surface area (Å²) in [5.41, 5.74) is 2.81. The first kappa shape index (κ1) is 22.1. The summed E-state index contributed by atoms with van der Waals surface area (Å²) in [7, 11) is 0. The van der Waals surface area contributed by atoms with E-state index in [1.165, 1.54) is 6.26 Å². The molecule has 0 spiro atoms. The van der Waals surface area contributed by atoms with Gasteiger partial charge in [0.05, 0.1) is 12.7 Å². The van der Waals surface area contributed by atoms with Crippen LogP contribution in [0, 0.1) is 0 Å². The van der Waals surface area contributed by atoms with Crippen molar-refractivity contribution in [2.24, 2.45) is 0 Å². The maximum absolute atomic E-state index is 13.5. The zero-order valence-electron chi connectivity index (χ0n) is 18.3. The summed E-state index contributed by atoms with van der Waals surface area (Å²) in [6.07, 6.45) is 1.71. The van der Waals surface area contributed by atoms with Gasteiger partial charge in [-0.1, -0.05) is 91.0 Å². The van der Waals surface area contributed by atoms with Crippen LogP contribution in [-0.4, -0.2) is 16.7 Å². The van der Waals surface area contributed by atoms with Crippen molar-refractivity contribution in [3.8, 4) is 0 Å². The number of carbonyl (C=O) groups excluding carboxylic acids is 2. The Hall–Kier alpha value is -4.12. The maximum atomic E-state index is 13.5. The van der Waals surface area contributed by atoms with E-state index >= 15 is 0 Å². The van der Waals surface area contributed by atoms with E-state index in [-0.39, 0.29) is 24.8 Å². The number of hydrogen-bond donors (Lipinski definition) is 1. The lowest BCUT2D eigenvalue weighted by Crippen LogP contribution is -2.43. The lowest BCUT2D eigenvalue weighted by atomic mass is 10.1. The first-order chi connectivity index (χ1) is 16.2. The van der Waals surface area contributed by atoms with E-state index in [9.17, 15) is 9.59 Å². The molecule has 0 aliphatic carbocycles. The molecule has 3 aromatic carbocycles. The van der Waals surface area contributed by atoms with Gasteiger partial charge < -0.3 is 14.6 Å². The standard InChI is InChI=1S/C28H26N2O3/c31-26(19-22-11-4-1-5-12-22)30(21-24-15-8-3-9-16-24)27(25-17-10-18-33-25)28(32)29-20-23-13-6-2-7-14-23/h1-18,27H,19-21H2,(H,29,32). The molecule has 1 aromatic heterocycles. The third-order valence-electron chi connectivity index (χ3n) is 5.40. The monoisotopic (exact) mass is 438 g/mol. The van der Waals surface area contributed by atoms with Gasteiger partial charge in [0, 0.05) is 13.1 Å². The molecule has 0 saturated carbocycles. The van der Waals surface area contributed by atoms with E-state index in [0.717, 1.165) is 16.7 Å². The van der Waals surface area contributed by atoms with Gasteiger partial charge in [-0.05, 0) is 28.8 Å². The Morgan fingerprint density at radius 1 is 0.727 bits per heavy atom. The van der Waals surface area contributed by atoms with Crippen LogP contribution in [0.15, 0.2) is 114 Å². The van der Waals surface area contributed by atoms with Crippen molar-refractivity contribution in [2.75, 3.05) is 0 Å². The van der Waals surface area contributed by atoms with E-state index in [0.29, 0.717) is 12.3 Å². The van der Waals surface area contributed by atoms with Crippen LogP contribution in [-0.2, 0) is 29.1 Å². The van der Waals surface area contributed by atoms with Crippen molar-refractivity contribution < 1.29 is 14.0 Å². The molecule has 1 N–H and O–H groups in total. The van der Waals surface area contributed by atoms with Gasteiger partial charge in [-0.15, -0.1) is 0 Å². The molecular weight excluding hydrogens is 412 g/mol. The number of nitrogens with zero attached hydrogens (tertiary/aromatic N) is 1. The Labute approximate surface area is 193 Å². The van der Waals surface area contributed by atoms with Crippen molar-refractivity contribution in [3.63, 3.8) is 0 Å². The molecule has 1 atom stereocenters. The molecule has 0 saturated heterocycles. The first-order valence-electron chi connectivity index (χ1n) is 10.9. The minimum atomic E-state index is -0.889. The van der Waals surface area contributed by atoms with E-state index in [2.05, 4.69) is 5.32 Å². The molecule has 4 rings (SSSR count). The number of hydrogen-bond acceptors (Lipinski definition) is 3. The van der Waals surface area contributed by atoms with Gasteiger partial charge in [-0.2, -0.15) is 0 Å². The average Bonchev–Trinajstić information content (AvgIpc) is 3.39. The quantitative estimate of drug-likeness (QED) is 0.404. The number of nitrogens with one attached hydrogen (secondary N) is 1. The molecule has 4 aromatic rings. The van der Waals surface area contributed by atoms with Gasteiger partial charge >= 0.3 is 0 Å². The highest BCUT2D eigenvalue weighted by atomic mass is 16.3. The Kier molecular flexibility index (Phi) is 7.33. The summed E-state index contributed by atoms with van der Waals surface area (Å²) in [5.74, 6) is -0.00892. The zero-order valence-corrected chi connectivity index (χ0v) is 18.3. The molecule has 0 aliphatic rings. The SMILES string of the molecule is O=C(NCc1ccccc1)C(c1ccco1)N(Cc1ccccc1)C(=O)Cc1ccccc1. The minimum absolute atomic E-state index is 0.152. The summed E-state index contributed by atoms with van der Waals surface area (Å²) in [6.45, 7) is 0.652. The van der Waals surface area contributed by atoms with E-state index in [1.807, 2.05) is 91.0 Å². The summed E-state index contributed by atoms with van der Waals surface area (Å²) >= 11 is 0. The fraction of sp³-hybridized carbons (Fsp3) is 0.143. The highest BCUT2D eigenvalue weighted by Gasteiger charge is 2.33. The van der Waals surface area contributed by atoms with Gasteiger partial charge in [0.15, 0.2) is 6.04 Å². The van der Waals surface area contributed by atoms with Gasteiger partial charge in [0.1, 0.15) is 5.76 Å². The summed E-state index contributed by atoms with van der Waals surface area (Å²) in [6, 6.07) is 31.5. The molecule has 0 aliphatic heterocycles. The third-order valence-corrected chi connectivity index (χ3v) is 5.40. The lowest BCUT2D eigenvalue weighted by Gasteiger charge is -2.30. The molecule has 0 bridgehead atoms. The first-order valence-corrected chi connectivity index (χ1v) is 10.9. The largest absolute Gasteiger partial charge is 0.467 e. The summed E-state index contributed by atoms with van der Waals surface area (Å²) in [4.78, 5) is 28.6. The average molecular weight is 439 g/mol. The second-order valence-electron chi connectivity index (χ2n) is 7.79. The fourth-order valence-corrected chi connectivity index (χ4v) is 3.73.